The highest BCUT2D eigenvalue weighted by molar-refractivity contribution is 7.99. The molecule has 184 valence electrons. The van der Waals surface area contributed by atoms with E-state index in [1.54, 1.807) is 16.7 Å². The maximum Gasteiger partial charge on any atom is 0.243 e. The van der Waals surface area contributed by atoms with Crippen molar-refractivity contribution in [1.29, 1.82) is 0 Å². The highest BCUT2D eigenvalue weighted by Gasteiger charge is 2.30. The predicted octanol–water partition coefficient (Wildman–Crippen LogP) is 6.05. The number of thioether (sulfide) groups is 1. The summed E-state index contributed by atoms with van der Waals surface area (Å²) in [5, 5.41) is 3.65. The molecule has 0 bridgehead atoms. The first-order valence-electron chi connectivity index (χ1n) is 12.0. The molecule has 2 amide bonds. The van der Waals surface area contributed by atoms with Crippen LogP contribution in [0, 0.1) is 6.92 Å². The van der Waals surface area contributed by atoms with E-state index < -0.39 is 6.04 Å². The summed E-state index contributed by atoms with van der Waals surface area (Å²) in [6.45, 7) is 5.02. The van der Waals surface area contributed by atoms with Crippen LogP contribution in [-0.2, 0) is 28.3 Å². The molecule has 1 N–H and O–H groups in total. The molecule has 0 saturated carbocycles. The number of benzene rings is 3. The van der Waals surface area contributed by atoms with Crippen LogP contribution in [0.2, 0.25) is 5.02 Å². The Kier molecular flexibility index (Phi) is 10.7. The monoisotopic (exact) mass is 508 g/mol. The van der Waals surface area contributed by atoms with E-state index in [0.717, 1.165) is 23.3 Å². The fraction of sp³-hybridized carbons (Fsp3) is 0.310. The first kappa shape index (κ1) is 26.8. The normalized spacial score (nSPS) is 11.6. The zero-order chi connectivity index (χ0) is 25.0. The summed E-state index contributed by atoms with van der Waals surface area (Å²) in [6, 6.07) is 24.9. The van der Waals surface area contributed by atoms with Gasteiger partial charge in [-0.25, -0.2) is 0 Å². The van der Waals surface area contributed by atoms with Gasteiger partial charge in [-0.15, -0.1) is 11.8 Å². The number of nitrogens with zero attached hydrogens (tertiary/aromatic N) is 1. The van der Waals surface area contributed by atoms with Crippen LogP contribution in [0.15, 0.2) is 78.9 Å². The van der Waals surface area contributed by atoms with Crippen molar-refractivity contribution in [1.82, 2.24) is 10.2 Å². The summed E-state index contributed by atoms with van der Waals surface area (Å²) in [6.07, 6.45) is 1.29. The van der Waals surface area contributed by atoms with Gasteiger partial charge in [0.25, 0.3) is 0 Å². The van der Waals surface area contributed by atoms with Crippen LogP contribution in [0.4, 0.5) is 0 Å². The average Bonchev–Trinajstić information content (AvgIpc) is 2.87. The van der Waals surface area contributed by atoms with Crippen molar-refractivity contribution < 1.29 is 9.59 Å². The minimum absolute atomic E-state index is 0.0499. The minimum atomic E-state index is -0.605. The van der Waals surface area contributed by atoms with E-state index in [2.05, 4.69) is 24.4 Å². The van der Waals surface area contributed by atoms with Gasteiger partial charge >= 0.3 is 0 Å². The lowest BCUT2D eigenvalue weighted by atomic mass is 10.0. The van der Waals surface area contributed by atoms with Crippen LogP contribution in [0.3, 0.4) is 0 Å². The molecule has 3 aromatic carbocycles. The molecule has 0 spiro atoms. The van der Waals surface area contributed by atoms with E-state index in [9.17, 15) is 9.59 Å². The summed E-state index contributed by atoms with van der Waals surface area (Å²) < 4.78 is 0. The first-order valence-corrected chi connectivity index (χ1v) is 13.5. The Hall–Kier alpha value is -2.76. The molecule has 0 aliphatic carbocycles. The largest absolute Gasteiger partial charge is 0.354 e. The summed E-state index contributed by atoms with van der Waals surface area (Å²) in [7, 11) is 0. The van der Waals surface area contributed by atoms with E-state index in [-0.39, 0.29) is 11.8 Å². The molecule has 0 aliphatic heterocycles. The number of aryl methyl sites for hydroxylation is 1. The van der Waals surface area contributed by atoms with Gasteiger partial charge in [0.1, 0.15) is 6.04 Å². The lowest BCUT2D eigenvalue weighted by molar-refractivity contribution is -0.139. The molecule has 6 heteroatoms. The third kappa shape index (κ3) is 8.44. The van der Waals surface area contributed by atoms with Crippen LogP contribution in [-0.4, -0.2) is 35.1 Å². The molecule has 35 heavy (non-hydrogen) atoms. The van der Waals surface area contributed by atoms with E-state index in [0.29, 0.717) is 30.3 Å². The smallest absolute Gasteiger partial charge is 0.243 e. The summed E-state index contributed by atoms with van der Waals surface area (Å²) >= 11 is 7.66. The third-order valence-corrected chi connectivity index (χ3v) is 7.05. The number of amides is 2. The van der Waals surface area contributed by atoms with Gasteiger partial charge in [0.2, 0.25) is 11.8 Å². The van der Waals surface area contributed by atoms with Gasteiger partial charge in [-0.3, -0.25) is 9.59 Å². The van der Waals surface area contributed by atoms with E-state index in [4.69, 9.17) is 11.6 Å². The van der Waals surface area contributed by atoms with Crippen LogP contribution in [0.1, 0.15) is 35.6 Å². The quantitative estimate of drug-likeness (QED) is 0.324. The Morgan fingerprint density at radius 3 is 2.31 bits per heavy atom. The Bertz CT molecular complexity index is 1090. The Balaban J connectivity index is 1.83. The number of hydrogen-bond acceptors (Lipinski definition) is 3. The van der Waals surface area contributed by atoms with Crippen molar-refractivity contribution in [2.75, 3.05) is 12.3 Å². The molecule has 0 fully saturated rings. The molecule has 0 saturated heterocycles. The van der Waals surface area contributed by atoms with Crippen LogP contribution >= 0.6 is 23.4 Å². The van der Waals surface area contributed by atoms with Crippen molar-refractivity contribution in [3.05, 3.63) is 106 Å². The number of hydrogen-bond donors (Lipinski definition) is 1. The highest BCUT2D eigenvalue weighted by atomic mass is 35.5. The Labute approximate surface area is 218 Å². The molecule has 0 radical (unpaired) electrons. The molecule has 1 unspecified atom stereocenters. The van der Waals surface area contributed by atoms with Crippen molar-refractivity contribution >= 4 is 35.2 Å². The van der Waals surface area contributed by atoms with Crippen molar-refractivity contribution in [3.63, 3.8) is 0 Å². The molecular formula is C29H33ClN2O2S. The SMILES string of the molecule is CCCNC(=O)C(Cc1ccccc1)N(Cc1ccc(Cl)cc1)C(=O)CSCc1ccccc1C. The number of carbonyl (C=O) groups excluding carboxylic acids is 2. The van der Waals surface area contributed by atoms with Crippen LogP contribution in [0.25, 0.3) is 0 Å². The second kappa shape index (κ2) is 14.0. The fourth-order valence-corrected chi connectivity index (χ4v) is 4.92. The molecule has 3 aromatic rings. The van der Waals surface area contributed by atoms with Crippen molar-refractivity contribution in [2.24, 2.45) is 0 Å². The fourth-order valence-electron chi connectivity index (χ4n) is 3.81. The topological polar surface area (TPSA) is 49.4 Å². The van der Waals surface area contributed by atoms with Crippen LogP contribution < -0.4 is 5.32 Å². The highest BCUT2D eigenvalue weighted by Crippen LogP contribution is 2.20. The lowest BCUT2D eigenvalue weighted by Gasteiger charge is -2.31. The summed E-state index contributed by atoms with van der Waals surface area (Å²) in [4.78, 5) is 28.6. The average molecular weight is 509 g/mol. The van der Waals surface area contributed by atoms with E-state index in [1.807, 2.05) is 73.7 Å². The molecule has 3 rings (SSSR count). The van der Waals surface area contributed by atoms with E-state index >= 15 is 0 Å². The standard InChI is InChI=1S/C29H33ClN2O2S/c1-3-17-31-29(34)27(18-23-10-5-4-6-11-23)32(19-24-13-15-26(30)16-14-24)28(33)21-35-20-25-12-8-7-9-22(25)2/h4-16,27H,3,17-21H2,1-2H3,(H,31,34). The molecule has 4 nitrogen and oxygen atoms in total. The van der Waals surface area contributed by atoms with Crippen LogP contribution in [0.5, 0.6) is 0 Å². The molecule has 1 atom stereocenters. The molecular weight excluding hydrogens is 476 g/mol. The first-order chi connectivity index (χ1) is 17.0. The summed E-state index contributed by atoms with van der Waals surface area (Å²) in [5.41, 5.74) is 4.39. The number of carbonyl (C=O) groups is 2. The van der Waals surface area contributed by atoms with Gasteiger partial charge in [-0.05, 0) is 47.7 Å². The number of halogens is 1. The van der Waals surface area contributed by atoms with Crippen molar-refractivity contribution in [2.45, 2.75) is 45.0 Å². The predicted molar refractivity (Wildman–Crippen MR) is 147 cm³/mol. The van der Waals surface area contributed by atoms with Gasteiger partial charge in [-0.1, -0.05) is 85.3 Å². The van der Waals surface area contributed by atoms with Gasteiger partial charge in [0.05, 0.1) is 5.75 Å². The van der Waals surface area contributed by atoms with Gasteiger partial charge in [0, 0.05) is 30.3 Å². The minimum Gasteiger partial charge on any atom is -0.354 e. The summed E-state index contributed by atoms with van der Waals surface area (Å²) in [5.74, 6) is 0.875. The second-order valence-corrected chi connectivity index (χ2v) is 9.99. The van der Waals surface area contributed by atoms with E-state index in [1.165, 1.54) is 11.1 Å². The maximum atomic E-state index is 13.6. The molecule has 0 heterocycles. The van der Waals surface area contributed by atoms with Crippen molar-refractivity contribution in [3.8, 4) is 0 Å². The van der Waals surface area contributed by atoms with Gasteiger partial charge in [-0.2, -0.15) is 0 Å². The zero-order valence-corrected chi connectivity index (χ0v) is 21.9. The number of nitrogens with one attached hydrogen (secondary N) is 1. The van der Waals surface area contributed by atoms with Gasteiger partial charge in [0.15, 0.2) is 0 Å². The maximum absolute atomic E-state index is 13.6. The molecule has 0 aromatic heterocycles. The zero-order valence-electron chi connectivity index (χ0n) is 20.4. The lowest BCUT2D eigenvalue weighted by Crippen LogP contribution is -2.51. The third-order valence-electron chi connectivity index (χ3n) is 5.83. The second-order valence-electron chi connectivity index (χ2n) is 8.56. The molecule has 0 aliphatic rings. The number of rotatable bonds is 12. The Morgan fingerprint density at radius 1 is 0.943 bits per heavy atom. The van der Waals surface area contributed by atoms with Gasteiger partial charge < -0.3 is 10.2 Å². The Morgan fingerprint density at radius 2 is 1.63 bits per heavy atom.